The number of rotatable bonds is 4. The maximum absolute atomic E-state index is 11.8. The van der Waals surface area contributed by atoms with E-state index in [2.05, 4.69) is 5.32 Å². The average Bonchev–Trinajstić information content (AvgIpc) is 2.28. The van der Waals surface area contributed by atoms with Gasteiger partial charge in [0, 0.05) is 20.2 Å². The second-order valence-corrected chi connectivity index (χ2v) is 4.78. The maximum Gasteiger partial charge on any atom is 0.328 e. The summed E-state index contributed by atoms with van der Waals surface area (Å²) >= 11 is 0. The molecule has 0 aromatic heterocycles. The van der Waals surface area contributed by atoms with Crippen LogP contribution in [0.3, 0.4) is 0 Å². The van der Waals surface area contributed by atoms with Crippen molar-refractivity contribution < 1.29 is 24.5 Å². The van der Waals surface area contributed by atoms with Crippen LogP contribution in [-0.4, -0.2) is 65.6 Å². The molecule has 1 atom stereocenters. The van der Waals surface area contributed by atoms with Gasteiger partial charge in [-0.3, -0.25) is 0 Å². The van der Waals surface area contributed by atoms with E-state index in [1.807, 2.05) is 0 Å². The molecular weight excluding hydrogens is 240 g/mol. The number of methoxy groups -OCH3 is 1. The molecule has 1 fully saturated rings. The van der Waals surface area contributed by atoms with Crippen molar-refractivity contribution in [2.24, 2.45) is 0 Å². The SMILES string of the molecule is COCC(NC(=O)N1CCC(C)(O)CC1)C(=O)O. The van der Waals surface area contributed by atoms with Gasteiger partial charge < -0.3 is 25.2 Å². The lowest BCUT2D eigenvalue weighted by molar-refractivity contribution is -0.140. The van der Waals surface area contributed by atoms with Crippen molar-refractivity contribution in [1.29, 1.82) is 0 Å². The third-order valence-electron chi connectivity index (χ3n) is 3.06. The normalized spacial score (nSPS) is 20.3. The number of nitrogens with zero attached hydrogens (tertiary/aromatic N) is 1. The highest BCUT2D eigenvalue weighted by atomic mass is 16.5. The number of carbonyl (C=O) groups excluding carboxylic acids is 1. The second-order valence-electron chi connectivity index (χ2n) is 4.78. The van der Waals surface area contributed by atoms with Crippen molar-refractivity contribution in [3.8, 4) is 0 Å². The highest BCUT2D eigenvalue weighted by Gasteiger charge is 2.31. The van der Waals surface area contributed by atoms with Crippen molar-refractivity contribution in [3.05, 3.63) is 0 Å². The Morgan fingerprint density at radius 1 is 1.44 bits per heavy atom. The molecule has 1 rings (SSSR count). The molecule has 0 spiro atoms. The van der Waals surface area contributed by atoms with E-state index in [9.17, 15) is 14.7 Å². The molecule has 0 aromatic rings. The molecule has 1 unspecified atom stereocenters. The van der Waals surface area contributed by atoms with E-state index in [1.54, 1.807) is 6.92 Å². The number of aliphatic carboxylic acids is 1. The molecule has 0 aliphatic carbocycles. The number of carboxylic acids is 1. The van der Waals surface area contributed by atoms with E-state index in [0.717, 1.165) is 0 Å². The van der Waals surface area contributed by atoms with Crippen LogP contribution in [0.15, 0.2) is 0 Å². The summed E-state index contributed by atoms with van der Waals surface area (Å²) in [6.07, 6.45) is 0.977. The van der Waals surface area contributed by atoms with Crippen LogP contribution in [0.1, 0.15) is 19.8 Å². The Kier molecular flexibility index (Phi) is 4.92. The van der Waals surface area contributed by atoms with Gasteiger partial charge in [0.2, 0.25) is 0 Å². The number of hydrogen-bond donors (Lipinski definition) is 3. The van der Waals surface area contributed by atoms with Crippen LogP contribution >= 0.6 is 0 Å². The number of nitrogens with one attached hydrogen (secondary N) is 1. The number of amides is 2. The van der Waals surface area contributed by atoms with Crippen molar-refractivity contribution in [2.75, 3.05) is 26.8 Å². The van der Waals surface area contributed by atoms with E-state index in [-0.39, 0.29) is 6.61 Å². The molecule has 1 aliphatic heterocycles. The lowest BCUT2D eigenvalue weighted by atomic mass is 9.94. The number of carboxylic acid groups (broad SMARTS) is 1. The molecule has 7 heteroatoms. The maximum atomic E-state index is 11.8. The zero-order valence-electron chi connectivity index (χ0n) is 10.7. The third-order valence-corrected chi connectivity index (χ3v) is 3.06. The molecule has 1 heterocycles. The Labute approximate surface area is 106 Å². The minimum absolute atomic E-state index is 0.0768. The molecular formula is C11H20N2O5. The van der Waals surface area contributed by atoms with E-state index in [4.69, 9.17) is 9.84 Å². The number of hydrogen-bond acceptors (Lipinski definition) is 4. The summed E-state index contributed by atoms with van der Waals surface area (Å²) in [5.74, 6) is -1.13. The molecule has 0 saturated carbocycles. The van der Waals surface area contributed by atoms with Crippen LogP contribution in [0, 0.1) is 0 Å². The largest absolute Gasteiger partial charge is 0.480 e. The summed E-state index contributed by atoms with van der Waals surface area (Å²) in [5, 5.41) is 21.0. The quantitative estimate of drug-likeness (QED) is 0.641. The minimum Gasteiger partial charge on any atom is -0.480 e. The second kappa shape index (κ2) is 6.01. The summed E-state index contributed by atoms with van der Waals surface area (Å²) in [4.78, 5) is 24.2. The van der Waals surface area contributed by atoms with Gasteiger partial charge in [-0.2, -0.15) is 0 Å². The molecule has 1 saturated heterocycles. The van der Waals surface area contributed by atoms with Crippen molar-refractivity contribution >= 4 is 12.0 Å². The van der Waals surface area contributed by atoms with Crippen LogP contribution in [0.2, 0.25) is 0 Å². The number of aliphatic hydroxyl groups is 1. The zero-order valence-corrected chi connectivity index (χ0v) is 10.7. The number of urea groups is 1. The topological polar surface area (TPSA) is 99.1 Å². The fourth-order valence-electron chi connectivity index (χ4n) is 1.77. The molecule has 18 heavy (non-hydrogen) atoms. The average molecular weight is 260 g/mol. The van der Waals surface area contributed by atoms with Crippen LogP contribution in [0.5, 0.6) is 0 Å². The van der Waals surface area contributed by atoms with Crippen LogP contribution in [0.25, 0.3) is 0 Å². The Hall–Kier alpha value is -1.34. The van der Waals surface area contributed by atoms with Crippen LogP contribution in [-0.2, 0) is 9.53 Å². The van der Waals surface area contributed by atoms with Crippen molar-refractivity contribution in [2.45, 2.75) is 31.4 Å². The van der Waals surface area contributed by atoms with E-state index in [0.29, 0.717) is 25.9 Å². The Bertz CT molecular complexity index is 309. The Morgan fingerprint density at radius 2 is 2.00 bits per heavy atom. The first-order valence-electron chi connectivity index (χ1n) is 5.85. The van der Waals surface area contributed by atoms with E-state index in [1.165, 1.54) is 12.0 Å². The lowest BCUT2D eigenvalue weighted by Gasteiger charge is -2.36. The van der Waals surface area contributed by atoms with Gasteiger partial charge in [-0.1, -0.05) is 0 Å². The Balaban J connectivity index is 2.47. The van der Waals surface area contributed by atoms with E-state index < -0.39 is 23.6 Å². The van der Waals surface area contributed by atoms with Crippen molar-refractivity contribution in [1.82, 2.24) is 10.2 Å². The van der Waals surface area contributed by atoms with Gasteiger partial charge >= 0.3 is 12.0 Å². The van der Waals surface area contributed by atoms with Crippen molar-refractivity contribution in [3.63, 3.8) is 0 Å². The summed E-state index contributed by atoms with van der Waals surface area (Å²) < 4.78 is 4.73. The first kappa shape index (κ1) is 14.7. The number of piperidine rings is 1. The molecule has 0 radical (unpaired) electrons. The monoisotopic (exact) mass is 260 g/mol. The summed E-state index contributed by atoms with van der Waals surface area (Å²) in [5.41, 5.74) is -0.741. The first-order chi connectivity index (χ1) is 8.35. The van der Waals surface area contributed by atoms with Gasteiger partial charge in [0.15, 0.2) is 6.04 Å². The smallest absolute Gasteiger partial charge is 0.328 e. The molecule has 2 amide bonds. The minimum atomic E-state index is -1.13. The number of carbonyl (C=O) groups is 2. The number of likely N-dealkylation sites (tertiary alicyclic amines) is 1. The standard InChI is InChI=1S/C11H20N2O5/c1-11(17)3-5-13(6-4-11)10(16)12-8(7-18-2)9(14)15/h8,17H,3-7H2,1-2H3,(H,12,16)(H,14,15). The highest BCUT2D eigenvalue weighted by molar-refractivity contribution is 5.82. The predicted molar refractivity (Wildman–Crippen MR) is 63.3 cm³/mol. The van der Waals surface area contributed by atoms with Gasteiger partial charge in [0.1, 0.15) is 0 Å². The molecule has 7 nitrogen and oxygen atoms in total. The van der Waals surface area contributed by atoms with Gasteiger partial charge in [0.05, 0.1) is 12.2 Å². The molecule has 0 aromatic carbocycles. The highest BCUT2D eigenvalue weighted by Crippen LogP contribution is 2.20. The third kappa shape index (κ3) is 4.15. The summed E-state index contributed by atoms with van der Waals surface area (Å²) in [6.45, 7) is 2.48. The fourth-order valence-corrected chi connectivity index (χ4v) is 1.77. The van der Waals surface area contributed by atoms with Crippen LogP contribution in [0.4, 0.5) is 4.79 Å². The fraction of sp³-hybridized carbons (Fsp3) is 0.818. The molecule has 3 N–H and O–H groups in total. The number of ether oxygens (including phenoxy) is 1. The first-order valence-corrected chi connectivity index (χ1v) is 5.85. The van der Waals surface area contributed by atoms with E-state index >= 15 is 0 Å². The molecule has 0 bridgehead atoms. The Morgan fingerprint density at radius 3 is 2.44 bits per heavy atom. The van der Waals surface area contributed by atoms with Gasteiger partial charge in [-0.05, 0) is 19.8 Å². The van der Waals surface area contributed by atoms with Gasteiger partial charge in [-0.15, -0.1) is 0 Å². The zero-order chi connectivity index (χ0) is 13.8. The summed E-state index contributed by atoms with van der Waals surface area (Å²) in [6, 6.07) is -1.49. The molecule has 1 aliphatic rings. The van der Waals surface area contributed by atoms with Gasteiger partial charge in [0.25, 0.3) is 0 Å². The lowest BCUT2D eigenvalue weighted by Crippen LogP contribution is -2.53. The van der Waals surface area contributed by atoms with Gasteiger partial charge in [-0.25, -0.2) is 9.59 Å². The molecule has 104 valence electrons. The van der Waals surface area contributed by atoms with Crippen LogP contribution < -0.4 is 5.32 Å². The predicted octanol–water partition coefficient (Wildman–Crippen LogP) is -0.358. The summed E-state index contributed by atoms with van der Waals surface area (Å²) in [7, 11) is 1.38.